The molecule has 100 valence electrons. The fourth-order valence-corrected chi connectivity index (χ4v) is 1.92. The molecule has 4 heteroatoms. The highest BCUT2D eigenvalue weighted by Gasteiger charge is 2.13. The summed E-state index contributed by atoms with van der Waals surface area (Å²) in [6, 6.07) is 7.86. The number of nitrogens with one attached hydrogen (secondary N) is 1. The molecule has 0 radical (unpaired) electrons. The van der Waals surface area contributed by atoms with Gasteiger partial charge in [-0.3, -0.25) is 4.79 Å². The van der Waals surface area contributed by atoms with Gasteiger partial charge in [0, 0.05) is 26.1 Å². The second-order valence-corrected chi connectivity index (χ2v) is 4.69. The van der Waals surface area contributed by atoms with Crippen molar-refractivity contribution in [2.45, 2.75) is 20.1 Å². The number of nitrogens with zero attached hydrogens (tertiary/aromatic N) is 1. The van der Waals surface area contributed by atoms with Gasteiger partial charge in [0.15, 0.2) is 0 Å². The first-order valence-electron chi connectivity index (χ1n) is 6.15. The molecule has 0 aliphatic heterocycles. The van der Waals surface area contributed by atoms with E-state index in [9.17, 15) is 4.79 Å². The van der Waals surface area contributed by atoms with Gasteiger partial charge in [-0.1, -0.05) is 31.2 Å². The zero-order valence-corrected chi connectivity index (χ0v) is 11.3. The first-order chi connectivity index (χ1) is 8.56. The predicted octanol–water partition coefficient (Wildman–Crippen LogP) is 0.993. The van der Waals surface area contributed by atoms with Gasteiger partial charge in [-0.25, -0.2) is 0 Å². The van der Waals surface area contributed by atoms with Crippen LogP contribution < -0.4 is 5.32 Å². The van der Waals surface area contributed by atoms with Crippen LogP contribution in [-0.2, 0) is 17.9 Å². The Labute approximate surface area is 109 Å². The normalized spacial score (nSPS) is 12.5. The second-order valence-electron chi connectivity index (χ2n) is 4.69. The van der Waals surface area contributed by atoms with Crippen molar-refractivity contribution in [1.29, 1.82) is 0 Å². The van der Waals surface area contributed by atoms with E-state index in [0.29, 0.717) is 0 Å². The van der Waals surface area contributed by atoms with Gasteiger partial charge in [-0.15, -0.1) is 0 Å². The van der Waals surface area contributed by atoms with Gasteiger partial charge in [0.2, 0.25) is 5.91 Å². The maximum atomic E-state index is 11.4. The van der Waals surface area contributed by atoms with E-state index in [1.807, 2.05) is 38.2 Å². The molecule has 0 saturated heterocycles. The molecule has 1 aromatic carbocycles. The van der Waals surface area contributed by atoms with Crippen molar-refractivity contribution in [2.75, 3.05) is 20.6 Å². The molecule has 1 atom stereocenters. The van der Waals surface area contributed by atoms with Gasteiger partial charge in [0.05, 0.1) is 6.61 Å². The summed E-state index contributed by atoms with van der Waals surface area (Å²) in [6.45, 7) is 3.52. The van der Waals surface area contributed by atoms with Gasteiger partial charge in [0.1, 0.15) is 0 Å². The van der Waals surface area contributed by atoms with Gasteiger partial charge in [-0.05, 0) is 18.2 Å². The molecule has 1 aromatic rings. The summed E-state index contributed by atoms with van der Waals surface area (Å²) in [4.78, 5) is 13.5. The van der Waals surface area contributed by atoms with Crippen LogP contribution in [0.1, 0.15) is 18.1 Å². The van der Waals surface area contributed by atoms with Crippen LogP contribution in [0.3, 0.4) is 0 Å². The highest BCUT2D eigenvalue weighted by molar-refractivity contribution is 5.78. The van der Waals surface area contributed by atoms with Crippen molar-refractivity contribution in [3.8, 4) is 0 Å². The van der Waals surface area contributed by atoms with Crippen molar-refractivity contribution in [3.63, 3.8) is 0 Å². The molecule has 0 fully saturated rings. The summed E-state index contributed by atoms with van der Waals surface area (Å²) in [5, 5.41) is 11.6. The van der Waals surface area contributed by atoms with Crippen LogP contribution in [0.5, 0.6) is 0 Å². The summed E-state index contributed by atoms with van der Waals surface area (Å²) in [7, 11) is 3.66. The van der Waals surface area contributed by atoms with Crippen LogP contribution >= 0.6 is 0 Å². The maximum absolute atomic E-state index is 11.4. The number of amides is 1. The highest BCUT2D eigenvalue weighted by atomic mass is 16.3. The lowest BCUT2D eigenvalue weighted by Crippen LogP contribution is -2.34. The third kappa shape index (κ3) is 4.47. The molecule has 2 N–H and O–H groups in total. The molecular formula is C14H22N2O2. The van der Waals surface area contributed by atoms with Gasteiger partial charge >= 0.3 is 0 Å². The Morgan fingerprint density at radius 3 is 2.39 bits per heavy atom. The van der Waals surface area contributed by atoms with Crippen LogP contribution in [0.25, 0.3) is 0 Å². The van der Waals surface area contributed by atoms with Crippen LogP contribution in [0.15, 0.2) is 24.3 Å². The van der Waals surface area contributed by atoms with Crippen LogP contribution in [0, 0.1) is 5.92 Å². The molecule has 1 rings (SSSR count). The van der Waals surface area contributed by atoms with E-state index >= 15 is 0 Å². The van der Waals surface area contributed by atoms with Crippen molar-refractivity contribution in [3.05, 3.63) is 35.4 Å². The van der Waals surface area contributed by atoms with E-state index in [-0.39, 0.29) is 18.4 Å². The molecule has 0 aromatic heterocycles. The Kier molecular flexibility index (Phi) is 5.82. The van der Waals surface area contributed by atoms with E-state index in [2.05, 4.69) is 10.2 Å². The smallest absolute Gasteiger partial charge is 0.223 e. The van der Waals surface area contributed by atoms with Gasteiger partial charge < -0.3 is 15.3 Å². The molecule has 0 heterocycles. The number of hydrogen-bond acceptors (Lipinski definition) is 3. The number of carbonyl (C=O) groups is 1. The highest BCUT2D eigenvalue weighted by Crippen LogP contribution is 2.08. The number of carbonyl (C=O) groups excluding carboxylic acids is 1. The standard InChI is InChI=1S/C14H22N2O2/c1-11(14(18)15-2)8-16(3)9-12-4-6-13(10-17)7-5-12/h4-7,11,17H,8-10H2,1-3H3,(H,15,18). The minimum atomic E-state index is -0.0169. The summed E-state index contributed by atoms with van der Waals surface area (Å²) in [5.74, 6) is 0.0502. The predicted molar refractivity (Wildman–Crippen MR) is 71.9 cm³/mol. The Bertz CT molecular complexity index is 376. The summed E-state index contributed by atoms with van der Waals surface area (Å²) in [5.41, 5.74) is 2.10. The average Bonchev–Trinajstić information content (AvgIpc) is 2.38. The second kappa shape index (κ2) is 7.13. The zero-order chi connectivity index (χ0) is 13.5. The SMILES string of the molecule is CNC(=O)C(C)CN(C)Cc1ccc(CO)cc1. The Hall–Kier alpha value is -1.39. The Balaban J connectivity index is 2.48. The van der Waals surface area contributed by atoms with Gasteiger partial charge in [0.25, 0.3) is 0 Å². The monoisotopic (exact) mass is 250 g/mol. The van der Waals surface area contributed by atoms with Crippen molar-refractivity contribution in [2.24, 2.45) is 5.92 Å². The minimum absolute atomic E-state index is 0.0169. The molecule has 0 saturated carbocycles. The molecule has 0 spiro atoms. The number of rotatable bonds is 6. The number of aliphatic hydroxyl groups excluding tert-OH is 1. The van der Waals surface area contributed by atoms with Crippen LogP contribution in [0.2, 0.25) is 0 Å². The zero-order valence-electron chi connectivity index (χ0n) is 11.3. The fourth-order valence-electron chi connectivity index (χ4n) is 1.92. The van der Waals surface area contributed by atoms with E-state index in [0.717, 1.165) is 18.7 Å². The summed E-state index contributed by atoms with van der Waals surface area (Å²) < 4.78 is 0. The number of hydrogen-bond donors (Lipinski definition) is 2. The van der Waals surface area contributed by atoms with E-state index < -0.39 is 0 Å². The molecule has 4 nitrogen and oxygen atoms in total. The lowest BCUT2D eigenvalue weighted by molar-refractivity contribution is -0.124. The van der Waals surface area contributed by atoms with E-state index in [1.165, 1.54) is 5.56 Å². The Morgan fingerprint density at radius 1 is 1.33 bits per heavy atom. The molecule has 1 unspecified atom stereocenters. The number of benzene rings is 1. The largest absolute Gasteiger partial charge is 0.392 e. The van der Waals surface area contributed by atoms with E-state index in [4.69, 9.17) is 5.11 Å². The third-order valence-corrected chi connectivity index (χ3v) is 2.94. The molecule has 18 heavy (non-hydrogen) atoms. The first-order valence-corrected chi connectivity index (χ1v) is 6.15. The average molecular weight is 250 g/mol. The summed E-state index contributed by atoms with van der Waals surface area (Å²) >= 11 is 0. The number of aliphatic hydroxyl groups is 1. The fraction of sp³-hybridized carbons (Fsp3) is 0.500. The molecular weight excluding hydrogens is 228 g/mol. The van der Waals surface area contributed by atoms with Crippen molar-refractivity contribution < 1.29 is 9.90 Å². The van der Waals surface area contributed by atoms with E-state index in [1.54, 1.807) is 7.05 Å². The molecule has 0 aliphatic rings. The summed E-state index contributed by atoms with van der Waals surface area (Å²) in [6.07, 6.45) is 0. The molecule has 0 bridgehead atoms. The van der Waals surface area contributed by atoms with Crippen molar-refractivity contribution >= 4 is 5.91 Å². The van der Waals surface area contributed by atoms with Crippen molar-refractivity contribution in [1.82, 2.24) is 10.2 Å². The maximum Gasteiger partial charge on any atom is 0.223 e. The van der Waals surface area contributed by atoms with Gasteiger partial charge in [-0.2, -0.15) is 0 Å². The van der Waals surface area contributed by atoms with Crippen LogP contribution in [-0.4, -0.2) is 36.6 Å². The topological polar surface area (TPSA) is 52.6 Å². The minimum Gasteiger partial charge on any atom is -0.392 e. The van der Waals surface area contributed by atoms with Crippen LogP contribution in [0.4, 0.5) is 0 Å². The Morgan fingerprint density at radius 2 is 1.89 bits per heavy atom. The molecule has 0 aliphatic carbocycles. The quantitative estimate of drug-likeness (QED) is 0.791. The first kappa shape index (κ1) is 14.7. The lowest BCUT2D eigenvalue weighted by atomic mass is 10.1. The molecule has 1 amide bonds. The third-order valence-electron chi connectivity index (χ3n) is 2.94. The lowest BCUT2D eigenvalue weighted by Gasteiger charge is -2.20.